The van der Waals surface area contributed by atoms with Gasteiger partial charge in [-0.25, -0.2) is 33.5 Å². The number of rotatable bonds is 2. The number of nitrogens with two attached hydrogens (primary N) is 2. The van der Waals surface area contributed by atoms with Crippen molar-refractivity contribution in [3.05, 3.63) is 29.3 Å². The summed E-state index contributed by atoms with van der Waals surface area (Å²) in [4.78, 5) is 34.9. The van der Waals surface area contributed by atoms with Crippen LogP contribution in [0.1, 0.15) is 18.9 Å². The van der Waals surface area contributed by atoms with Crippen molar-refractivity contribution in [2.75, 3.05) is 24.7 Å². The van der Waals surface area contributed by atoms with Crippen LogP contribution in [0, 0.1) is 0 Å². The smallest absolute Gasteiger partial charge is 0.382 e. The molecule has 3 aliphatic heterocycles. The lowest BCUT2D eigenvalue weighted by Crippen LogP contribution is -2.33. The van der Waals surface area contributed by atoms with Crippen molar-refractivity contribution < 1.29 is 41.1 Å². The molecule has 0 amide bonds. The van der Waals surface area contributed by atoms with Crippen LogP contribution in [0.15, 0.2) is 23.8 Å². The average molecular weight is 693 g/mol. The molecule has 3 saturated heterocycles. The fourth-order valence-electron chi connectivity index (χ4n) is 5.26. The van der Waals surface area contributed by atoms with Gasteiger partial charge in [-0.15, -0.1) is 0 Å². The first-order valence-electron chi connectivity index (χ1n) is 12.8. The Bertz CT molecular complexity index is 1910. The van der Waals surface area contributed by atoms with E-state index in [1.165, 1.54) is 28.1 Å². The fraction of sp³-hybridized carbons (Fsp3) is 0.500. The molecule has 236 valence electrons. The number of fused-ring (bicyclic) bond motifs is 5. The number of thiol groups is 2. The SMILES string of the molecule is Nc1nc2c(ncn2[C@@H]2O[C@@H]3COP(=O)(S)O[C@@H]4[C@H](F)[C@H](n5cnc6c(N)ncnc65)O[C@@H]4COP(=O)(S)O[C@@H]2C3)c(=O)[nH]1. The minimum Gasteiger partial charge on any atom is -0.382 e. The Morgan fingerprint density at radius 2 is 1.61 bits per heavy atom. The molecule has 0 radical (unpaired) electrons. The molecule has 5 N–H and O–H groups in total. The van der Waals surface area contributed by atoms with Gasteiger partial charge in [0.1, 0.15) is 30.2 Å². The number of H-pyrrole nitrogens is 1. The Morgan fingerprint density at radius 1 is 0.909 bits per heavy atom. The number of anilines is 2. The molecule has 0 aromatic carbocycles. The molecule has 3 fully saturated rings. The van der Waals surface area contributed by atoms with E-state index in [4.69, 9.17) is 39.0 Å². The molecule has 7 heterocycles. The third-order valence-electron chi connectivity index (χ3n) is 7.15. The Balaban J connectivity index is 1.19. The van der Waals surface area contributed by atoms with Gasteiger partial charge in [-0.1, -0.05) is 24.5 Å². The van der Waals surface area contributed by atoms with Gasteiger partial charge in [0.25, 0.3) is 5.56 Å². The van der Waals surface area contributed by atoms with E-state index in [1.54, 1.807) is 0 Å². The Hall–Kier alpha value is -2.65. The lowest BCUT2D eigenvalue weighted by atomic mass is 10.1. The van der Waals surface area contributed by atoms with Crippen molar-refractivity contribution in [2.24, 2.45) is 0 Å². The van der Waals surface area contributed by atoms with Gasteiger partial charge in [0, 0.05) is 6.42 Å². The van der Waals surface area contributed by atoms with E-state index in [2.05, 4.69) is 54.4 Å². The van der Waals surface area contributed by atoms with Crippen molar-refractivity contribution in [1.82, 2.24) is 39.0 Å². The Kier molecular flexibility index (Phi) is 7.51. The minimum atomic E-state index is -4.27. The molecular formula is C20H23FN10O9P2S2. The van der Waals surface area contributed by atoms with E-state index in [1.807, 2.05) is 0 Å². The van der Waals surface area contributed by atoms with Crippen LogP contribution in [0.3, 0.4) is 0 Å². The second kappa shape index (κ2) is 11.0. The molecular weight excluding hydrogens is 669 g/mol. The summed E-state index contributed by atoms with van der Waals surface area (Å²) in [5.74, 6) is -0.107. The van der Waals surface area contributed by atoms with Crippen molar-refractivity contribution in [1.29, 1.82) is 0 Å². The summed E-state index contributed by atoms with van der Waals surface area (Å²) in [5, 5.41) is 0. The zero-order valence-electron chi connectivity index (χ0n) is 22.0. The quantitative estimate of drug-likeness (QED) is 0.148. The van der Waals surface area contributed by atoms with Gasteiger partial charge in [0.05, 0.1) is 32.0 Å². The number of imidazole rings is 2. The summed E-state index contributed by atoms with van der Waals surface area (Å²) in [6.45, 7) is -9.43. The summed E-state index contributed by atoms with van der Waals surface area (Å²) >= 11 is 8.16. The molecule has 2 unspecified atom stereocenters. The number of nitrogen functional groups attached to an aromatic ring is 2. The van der Waals surface area contributed by atoms with Crippen LogP contribution >= 0.6 is 38.1 Å². The zero-order chi connectivity index (χ0) is 31.0. The van der Waals surface area contributed by atoms with Gasteiger partial charge in [0.2, 0.25) is 5.95 Å². The monoisotopic (exact) mass is 692 g/mol. The molecule has 0 spiro atoms. The van der Waals surface area contributed by atoms with Gasteiger partial charge < -0.3 is 20.9 Å². The van der Waals surface area contributed by atoms with Crippen LogP contribution in [-0.2, 0) is 36.7 Å². The largest absolute Gasteiger partial charge is 0.386 e. The van der Waals surface area contributed by atoms with Gasteiger partial charge in [0.15, 0.2) is 41.3 Å². The summed E-state index contributed by atoms with van der Waals surface area (Å²) in [6, 6.07) is 0. The number of nitrogens with one attached hydrogen (secondary N) is 1. The number of halogens is 1. The van der Waals surface area contributed by atoms with Crippen molar-refractivity contribution in [2.45, 2.75) is 49.5 Å². The number of aromatic nitrogens is 8. The van der Waals surface area contributed by atoms with E-state index in [9.17, 15) is 13.9 Å². The first-order valence-corrected chi connectivity index (χ1v) is 18.2. The molecule has 4 aromatic heterocycles. The predicted octanol–water partition coefficient (Wildman–Crippen LogP) is 1.54. The van der Waals surface area contributed by atoms with Gasteiger partial charge >= 0.3 is 13.6 Å². The number of aromatic amines is 1. The highest BCUT2D eigenvalue weighted by Gasteiger charge is 2.52. The standard InChI is InChI=1S/C20H23FN10O9P2S2/c21-10-13-9(38-19(10)30-5-26-11-14(22)24-4-25-15(11)30)3-36-41(33,43)39-8-1-7(2-35-42(34,44)40-13)37-18(8)31-6-27-12-16(31)28-20(23)29-17(12)32/h4-10,13,18-19H,1-3H2,(H,33,43)(H,34,44)(H2,22,24,25)(H3,23,28,29,32)/t7-,8+,9+,10-,13-,18+,19+,41?,42?/m0/s1. The van der Waals surface area contributed by atoms with Gasteiger partial charge in [-0.3, -0.25) is 37.0 Å². The molecule has 7 rings (SSSR count). The first kappa shape index (κ1) is 30.0. The summed E-state index contributed by atoms with van der Waals surface area (Å²) in [5.41, 5.74) is 11.4. The summed E-state index contributed by atoms with van der Waals surface area (Å²) < 4.78 is 79.6. The highest BCUT2D eigenvalue weighted by Crippen LogP contribution is 2.60. The summed E-state index contributed by atoms with van der Waals surface area (Å²) in [6.07, 6.45) is -5.49. The van der Waals surface area contributed by atoms with E-state index >= 15 is 4.39 Å². The Morgan fingerprint density at radius 3 is 2.41 bits per heavy atom. The number of ether oxygens (including phenoxy) is 2. The van der Waals surface area contributed by atoms with E-state index in [-0.39, 0.29) is 47.1 Å². The lowest BCUT2D eigenvalue weighted by molar-refractivity contribution is -0.0561. The van der Waals surface area contributed by atoms with Crippen LogP contribution in [0.25, 0.3) is 22.3 Å². The highest BCUT2D eigenvalue weighted by atomic mass is 32.7. The zero-order valence-corrected chi connectivity index (χ0v) is 25.6. The van der Waals surface area contributed by atoms with E-state index in [0.717, 1.165) is 0 Å². The molecule has 2 bridgehead atoms. The van der Waals surface area contributed by atoms with Crippen LogP contribution in [-0.4, -0.2) is 82.8 Å². The number of alkyl halides is 1. The van der Waals surface area contributed by atoms with E-state index in [0.29, 0.717) is 0 Å². The molecule has 4 aromatic rings. The lowest BCUT2D eigenvalue weighted by Gasteiger charge is -2.26. The third-order valence-corrected chi connectivity index (χ3v) is 10.4. The number of nitrogens with zero attached hydrogens (tertiary/aromatic N) is 7. The van der Waals surface area contributed by atoms with Crippen LogP contribution in [0.5, 0.6) is 0 Å². The maximum absolute atomic E-state index is 16.0. The molecule has 3 aliphatic rings. The Labute approximate surface area is 255 Å². The molecule has 9 atom stereocenters. The van der Waals surface area contributed by atoms with Crippen LogP contribution in [0.2, 0.25) is 0 Å². The van der Waals surface area contributed by atoms with Gasteiger partial charge in [-0.05, 0) is 0 Å². The molecule has 44 heavy (non-hydrogen) atoms. The molecule has 0 aliphatic carbocycles. The van der Waals surface area contributed by atoms with E-state index < -0.39 is 68.8 Å². The second-order valence-corrected chi connectivity index (χ2v) is 15.7. The maximum Gasteiger partial charge on any atom is 0.386 e. The minimum absolute atomic E-state index is 0.0283. The second-order valence-electron chi connectivity index (χ2n) is 9.99. The third kappa shape index (κ3) is 5.42. The predicted molar refractivity (Wildman–Crippen MR) is 154 cm³/mol. The average Bonchev–Trinajstić information content (AvgIpc) is 3.72. The molecule has 19 nitrogen and oxygen atoms in total. The topological polar surface area (TPSA) is 249 Å². The fourth-order valence-corrected chi connectivity index (χ4v) is 8.25. The van der Waals surface area contributed by atoms with Crippen LogP contribution < -0.4 is 17.0 Å². The maximum atomic E-state index is 16.0. The summed E-state index contributed by atoms with van der Waals surface area (Å²) in [7, 11) is 0. The van der Waals surface area contributed by atoms with Crippen molar-refractivity contribution >= 4 is 72.2 Å². The number of hydrogen-bond acceptors (Lipinski definition) is 16. The van der Waals surface area contributed by atoms with Crippen LogP contribution in [0.4, 0.5) is 16.2 Å². The van der Waals surface area contributed by atoms with Crippen molar-refractivity contribution in [3.8, 4) is 0 Å². The first-order chi connectivity index (χ1) is 20.9. The highest BCUT2D eigenvalue weighted by molar-refractivity contribution is 8.44. The molecule has 0 saturated carbocycles. The number of hydrogen-bond donors (Lipinski definition) is 5. The van der Waals surface area contributed by atoms with Gasteiger partial charge in [-0.2, -0.15) is 4.98 Å². The van der Waals surface area contributed by atoms with Crippen molar-refractivity contribution in [3.63, 3.8) is 0 Å². The normalized spacial score (nSPS) is 36.6. The molecule has 24 heteroatoms.